The Morgan fingerprint density at radius 3 is 2.30 bits per heavy atom. The highest BCUT2D eigenvalue weighted by atomic mass is 35.5. The summed E-state index contributed by atoms with van der Waals surface area (Å²) in [4.78, 5) is 19.1. The van der Waals surface area contributed by atoms with Crippen LogP contribution in [-0.4, -0.2) is 33.6 Å². The van der Waals surface area contributed by atoms with Gasteiger partial charge in [0, 0.05) is 34.6 Å². The minimum absolute atomic E-state index is 0.269. The maximum absolute atomic E-state index is 9.55. The molecule has 7 heteroatoms. The molecule has 1 aliphatic heterocycles. The van der Waals surface area contributed by atoms with Crippen LogP contribution >= 0.6 is 23.2 Å². The Morgan fingerprint density at radius 1 is 1.22 bits per heavy atom. The Bertz CT molecular complexity index is 551. The van der Waals surface area contributed by atoms with Gasteiger partial charge < -0.3 is 15.5 Å². The molecule has 0 aromatic heterocycles. The summed E-state index contributed by atoms with van der Waals surface area (Å²) in [6.07, 6.45) is 3.13. The molecule has 1 aliphatic rings. The third-order valence-electron chi connectivity index (χ3n) is 3.21. The van der Waals surface area contributed by atoms with Crippen LogP contribution in [0.15, 0.2) is 36.4 Å². The van der Waals surface area contributed by atoms with Crippen LogP contribution in [0.2, 0.25) is 5.02 Å². The lowest BCUT2D eigenvalue weighted by Crippen LogP contribution is -2.39. The van der Waals surface area contributed by atoms with Crippen LogP contribution in [0.25, 0.3) is 0 Å². The van der Waals surface area contributed by atoms with E-state index in [0.717, 1.165) is 17.9 Å². The van der Waals surface area contributed by atoms with E-state index in [0.29, 0.717) is 24.2 Å². The highest BCUT2D eigenvalue weighted by molar-refractivity contribution is 6.30. The molecule has 1 saturated heterocycles. The number of carboxylic acids is 2. The lowest BCUT2D eigenvalue weighted by Gasteiger charge is -2.32. The molecule has 0 spiro atoms. The molecule has 23 heavy (non-hydrogen) atoms. The van der Waals surface area contributed by atoms with Crippen LogP contribution in [0, 0.1) is 0 Å². The van der Waals surface area contributed by atoms with Crippen molar-refractivity contribution in [2.75, 3.05) is 0 Å². The predicted octanol–water partition coefficient (Wildman–Crippen LogP) is 3.47. The van der Waals surface area contributed by atoms with E-state index in [-0.39, 0.29) is 5.38 Å². The standard InChI is InChI=1S/C12H15Cl2N.C4H4O4/c1-8-5-11(14)7-12(15-8)9-3-2-4-10(13)6-9;5-3(6)1-2-4(7)8/h2-4,6,8,11-12,15H,5,7H2,1H3;1-2H,(H,5,6)(H,7,8)/t8-,11-,12-;/m1./s1. The van der Waals surface area contributed by atoms with Crippen molar-refractivity contribution in [1.29, 1.82) is 0 Å². The van der Waals surface area contributed by atoms with Crippen LogP contribution in [0.1, 0.15) is 31.4 Å². The number of carbonyl (C=O) groups is 2. The number of aliphatic carboxylic acids is 2. The van der Waals surface area contributed by atoms with Gasteiger partial charge in [-0.05, 0) is 37.5 Å². The molecular formula is C16H19Cl2NO4. The summed E-state index contributed by atoms with van der Waals surface area (Å²) in [5, 5.41) is 20.2. The Morgan fingerprint density at radius 2 is 1.83 bits per heavy atom. The number of carboxylic acid groups (broad SMARTS) is 2. The third kappa shape index (κ3) is 8.02. The zero-order chi connectivity index (χ0) is 17.4. The van der Waals surface area contributed by atoms with Crippen LogP contribution in [-0.2, 0) is 9.59 Å². The van der Waals surface area contributed by atoms with Gasteiger partial charge in [0.1, 0.15) is 0 Å². The van der Waals surface area contributed by atoms with Crippen molar-refractivity contribution in [3.05, 3.63) is 47.0 Å². The Balaban J connectivity index is 0.000000284. The number of rotatable bonds is 3. The molecule has 1 aromatic carbocycles. The van der Waals surface area contributed by atoms with Gasteiger partial charge in [-0.15, -0.1) is 11.6 Å². The smallest absolute Gasteiger partial charge is 0.328 e. The molecule has 0 radical (unpaired) electrons. The maximum atomic E-state index is 9.55. The van der Waals surface area contributed by atoms with Gasteiger partial charge in [0.05, 0.1) is 0 Å². The van der Waals surface area contributed by atoms with E-state index in [9.17, 15) is 9.59 Å². The molecule has 0 unspecified atom stereocenters. The second-order valence-corrected chi connectivity index (χ2v) is 6.31. The quantitative estimate of drug-likeness (QED) is 0.568. The van der Waals surface area contributed by atoms with Gasteiger partial charge in [-0.3, -0.25) is 0 Å². The zero-order valence-electron chi connectivity index (χ0n) is 12.6. The average Bonchev–Trinajstić information content (AvgIpc) is 2.45. The summed E-state index contributed by atoms with van der Waals surface area (Å²) in [7, 11) is 0. The number of piperidine rings is 1. The summed E-state index contributed by atoms with van der Waals surface area (Å²) < 4.78 is 0. The van der Waals surface area contributed by atoms with Gasteiger partial charge in [-0.1, -0.05) is 23.7 Å². The molecule has 1 fully saturated rings. The largest absolute Gasteiger partial charge is 0.478 e. The SMILES string of the molecule is C[C@@H]1C[C@@H](Cl)C[C@H](c2cccc(Cl)c2)N1.O=C(O)C=CC(=O)O. The third-order valence-corrected chi connectivity index (χ3v) is 3.80. The molecule has 1 aromatic rings. The molecule has 3 N–H and O–H groups in total. The molecule has 5 nitrogen and oxygen atoms in total. The van der Waals surface area contributed by atoms with Gasteiger partial charge in [0.15, 0.2) is 0 Å². The summed E-state index contributed by atoms with van der Waals surface area (Å²) in [6.45, 7) is 2.17. The normalized spacial score (nSPS) is 23.9. The average molecular weight is 360 g/mol. The zero-order valence-corrected chi connectivity index (χ0v) is 14.1. The van der Waals surface area contributed by atoms with E-state index in [4.69, 9.17) is 33.4 Å². The molecule has 2 rings (SSSR count). The van der Waals surface area contributed by atoms with Crippen LogP contribution < -0.4 is 5.32 Å². The molecule has 0 amide bonds. The molecule has 0 aliphatic carbocycles. The first kappa shape index (κ1) is 19.5. The minimum Gasteiger partial charge on any atom is -0.478 e. The van der Waals surface area contributed by atoms with Gasteiger partial charge >= 0.3 is 11.9 Å². The topological polar surface area (TPSA) is 86.6 Å². The van der Waals surface area contributed by atoms with Crippen LogP contribution in [0.3, 0.4) is 0 Å². The van der Waals surface area contributed by atoms with E-state index in [1.807, 2.05) is 18.2 Å². The van der Waals surface area contributed by atoms with E-state index in [2.05, 4.69) is 18.3 Å². The Labute approximate surface area is 144 Å². The van der Waals surface area contributed by atoms with Gasteiger partial charge in [0.25, 0.3) is 0 Å². The number of halogens is 2. The first-order valence-corrected chi connectivity index (χ1v) is 7.89. The fraction of sp³-hybridized carbons (Fsp3) is 0.375. The van der Waals surface area contributed by atoms with Crippen molar-refractivity contribution in [3.63, 3.8) is 0 Å². The summed E-state index contributed by atoms with van der Waals surface area (Å²) in [5.74, 6) is -2.51. The highest BCUT2D eigenvalue weighted by Gasteiger charge is 2.25. The molecule has 3 atom stereocenters. The predicted molar refractivity (Wildman–Crippen MR) is 90.1 cm³/mol. The van der Waals surface area contributed by atoms with Gasteiger partial charge in [-0.25, -0.2) is 9.59 Å². The van der Waals surface area contributed by atoms with E-state index >= 15 is 0 Å². The molecular weight excluding hydrogens is 341 g/mol. The van der Waals surface area contributed by atoms with Crippen LogP contribution in [0.5, 0.6) is 0 Å². The Kier molecular flexibility index (Phi) is 8.09. The van der Waals surface area contributed by atoms with Crippen molar-refractivity contribution >= 4 is 35.1 Å². The molecule has 1 heterocycles. The van der Waals surface area contributed by atoms with Crippen molar-refractivity contribution in [1.82, 2.24) is 5.32 Å². The molecule has 126 valence electrons. The summed E-state index contributed by atoms with van der Waals surface area (Å²) >= 11 is 12.2. The number of alkyl halides is 1. The number of hydrogen-bond donors (Lipinski definition) is 3. The fourth-order valence-corrected chi connectivity index (χ4v) is 2.96. The lowest BCUT2D eigenvalue weighted by molar-refractivity contribution is -0.134. The second kappa shape index (κ2) is 9.55. The van der Waals surface area contributed by atoms with Crippen molar-refractivity contribution in [2.24, 2.45) is 0 Å². The summed E-state index contributed by atoms with van der Waals surface area (Å²) in [5.41, 5.74) is 1.24. The minimum atomic E-state index is -1.26. The van der Waals surface area contributed by atoms with Crippen molar-refractivity contribution in [2.45, 2.75) is 37.2 Å². The maximum Gasteiger partial charge on any atom is 0.328 e. The molecule has 0 bridgehead atoms. The van der Waals surface area contributed by atoms with Gasteiger partial charge in [-0.2, -0.15) is 0 Å². The number of nitrogens with one attached hydrogen (secondary N) is 1. The lowest BCUT2D eigenvalue weighted by atomic mass is 9.94. The van der Waals surface area contributed by atoms with Gasteiger partial charge in [0.2, 0.25) is 0 Å². The first-order chi connectivity index (χ1) is 10.8. The monoisotopic (exact) mass is 359 g/mol. The highest BCUT2D eigenvalue weighted by Crippen LogP contribution is 2.29. The number of hydrogen-bond acceptors (Lipinski definition) is 3. The Hall–Kier alpha value is -1.56. The van der Waals surface area contributed by atoms with E-state index in [1.54, 1.807) is 0 Å². The van der Waals surface area contributed by atoms with Crippen molar-refractivity contribution < 1.29 is 19.8 Å². The first-order valence-electron chi connectivity index (χ1n) is 7.07. The number of benzene rings is 1. The second-order valence-electron chi connectivity index (χ2n) is 5.25. The van der Waals surface area contributed by atoms with Crippen molar-refractivity contribution in [3.8, 4) is 0 Å². The van der Waals surface area contributed by atoms with E-state index in [1.165, 1.54) is 5.56 Å². The summed E-state index contributed by atoms with van der Waals surface area (Å²) in [6, 6.07) is 8.82. The fourth-order valence-electron chi connectivity index (χ4n) is 2.31. The van der Waals surface area contributed by atoms with Crippen LogP contribution in [0.4, 0.5) is 0 Å². The van der Waals surface area contributed by atoms with E-state index < -0.39 is 11.9 Å². The molecule has 0 saturated carbocycles.